The summed E-state index contributed by atoms with van der Waals surface area (Å²) in [4.78, 5) is 44.9. The van der Waals surface area contributed by atoms with Gasteiger partial charge in [0.15, 0.2) is 0 Å². The van der Waals surface area contributed by atoms with Gasteiger partial charge < -0.3 is 15.5 Å². The summed E-state index contributed by atoms with van der Waals surface area (Å²) in [7, 11) is 0. The Hall–Kier alpha value is -2.38. The van der Waals surface area contributed by atoms with Gasteiger partial charge >= 0.3 is 0 Å². The first kappa shape index (κ1) is 17.4. The fraction of sp³-hybridized carbons (Fsp3) is 0.647. The van der Waals surface area contributed by atoms with Crippen LogP contribution in [0.2, 0.25) is 0 Å². The van der Waals surface area contributed by atoms with Crippen molar-refractivity contribution in [2.24, 2.45) is 5.92 Å². The van der Waals surface area contributed by atoms with Crippen LogP contribution in [0.25, 0.3) is 0 Å². The molecule has 3 heterocycles. The van der Waals surface area contributed by atoms with E-state index in [-0.39, 0.29) is 17.4 Å². The van der Waals surface area contributed by atoms with Gasteiger partial charge in [0.1, 0.15) is 6.04 Å². The Morgan fingerprint density at radius 2 is 2.04 bits per heavy atom. The fourth-order valence-electron chi connectivity index (χ4n) is 3.25. The molecule has 136 valence electrons. The number of nitrogens with zero attached hydrogens (tertiary/aromatic N) is 2. The number of anilines is 1. The molecule has 25 heavy (non-hydrogen) atoms. The SMILES string of the molecule is CC1CCN(c2nc(C(C)NC(=O)C3CCC(=O)N3)cc(=O)[nH]2)CC1. The molecule has 2 aliphatic rings. The second kappa shape index (κ2) is 7.25. The first-order valence-electron chi connectivity index (χ1n) is 8.88. The molecule has 3 rings (SSSR count). The van der Waals surface area contributed by atoms with Gasteiger partial charge in [-0.3, -0.25) is 19.4 Å². The van der Waals surface area contributed by atoms with Gasteiger partial charge in [-0.1, -0.05) is 6.92 Å². The summed E-state index contributed by atoms with van der Waals surface area (Å²) in [6, 6.07) is 0.503. The second-order valence-electron chi connectivity index (χ2n) is 7.05. The number of carbonyl (C=O) groups is 2. The molecular formula is C17H25N5O3. The molecule has 1 aromatic rings. The number of H-pyrrole nitrogens is 1. The van der Waals surface area contributed by atoms with Crippen LogP contribution in [-0.4, -0.2) is 40.9 Å². The number of piperidine rings is 1. The average molecular weight is 347 g/mol. The number of nitrogens with one attached hydrogen (secondary N) is 3. The predicted molar refractivity (Wildman–Crippen MR) is 93.2 cm³/mol. The molecule has 3 N–H and O–H groups in total. The Balaban J connectivity index is 1.69. The minimum absolute atomic E-state index is 0.108. The molecule has 8 nitrogen and oxygen atoms in total. The van der Waals surface area contributed by atoms with Crippen LogP contribution < -0.4 is 21.1 Å². The lowest BCUT2D eigenvalue weighted by atomic mass is 10.00. The summed E-state index contributed by atoms with van der Waals surface area (Å²) >= 11 is 0. The zero-order valence-corrected chi connectivity index (χ0v) is 14.7. The zero-order valence-electron chi connectivity index (χ0n) is 14.7. The molecule has 8 heteroatoms. The number of hydrogen-bond donors (Lipinski definition) is 3. The van der Waals surface area contributed by atoms with Gasteiger partial charge in [-0.05, 0) is 32.1 Å². The second-order valence-corrected chi connectivity index (χ2v) is 7.05. The minimum atomic E-state index is -0.500. The Labute approximate surface area is 146 Å². The Kier molecular flexibility index (Phi) is 5.06. The van der Waals surface area contributed by atoms with E-state index < -0.39 is 12.1 Å². The van der Waals surface area contributed by atoms with E-state index in [9.17, 15) is 14.4 Å². The van der Waals surface area contributed by atoms with Gasteiger partial charge in [-0.25, -0.2) is 4.98 Å². The summed E-state index contributed by atoms with van der Waals surface area (Å²) in [5.74, 6) is 0.896. The first-order valence-corrected chi connectivity index (χ1v) is 8.88. The molecule has 2 unspecified atom stereocenters. The molecule has 2 atom stereocenters. The molecule has 2 fully saturated rings. The maximum Gasteiger partial charge on any atom is 0.252 e. The molecular weight excluding hydrogens is 322 g/mol. The van der Waals surface area contributed by atoms with E-state index in [1.54, 1.807) is 6.92 Å². The average Bonchev–Trinajstić information content (AvgIpc) is 3.01. The maximum atomic E-state index is 12.2. The lowest BCUT2D eigenvalue weighted by Gasteiger charge is -2.31. The van der Waals surface area contributed by atoms with Gasteiger partial charge in [0, 0.05) is 25.6 Å². The van der Waals surface area contributed by atoms with Gasteiger partial charge in [0.2, 0.25) is 17.8 Å². The van der Waals surface area contributed by atoms with Crippen molar-refractivity contribution >= 4 is 17.8 Å². The Morgan fingerprint density at radius 1 is 1.32 bits per heavy atom. The molecule has 2 aliphatic heterocycles. The van der Waals surface area contributed by atoms with Gasteiger partial charge in [0.05, 0.1) is 11.7 Å². The highest BCUT2D eigenvalue weighted by atomic mass is 16.2. The van der Waals surface area contributed by atoms with Gasteiger partial charge in [-0.15, -0.1) is 0 Å². The predicted octanol–water partition coefficient (Wildman–Crippen LogP) is 0.462. The molecule has 0 aromatic carbocycles. The fourth-order valence-corrected chi connectivity index (χ4v) is 3.25. The molecule has 1 aromatic heterocycles. The van der Waals surface area contributed by atoms with Crippen LogP contribution in [0.4, 0.5) is 5.95 Å². The quantitative estimate of drug-likeness (QED) is 0.734. The number of amides is 2. The lowest BCUT2D eigenvalue weighted by molar-refractivity contribution is -0.126. The van der Waals surface area contributed by atoms with E-state index in [1.807, 2.05) is 0 Å². The number of aromatic nitrogens is 2. The van der Waals surface area contributed by atoms with Crippen molar-refractivity contribution in [3.8, 4) is 0 Å². The highest BCUT2D eigenvalue weighted by Gasteiger charge is 2.28. The smallest absolute Gasteiger partial charge is 0.252 e. The summed E-state index contributed by atoms with van der Waals surface area (Å²) in [6.07, 6.45) is 3.01. The maximum absolute atomic E-state index is 12.2. The van der Waals surface area contributed by atoms with E-state index >= 15 is 0 Å². The summed E-state index contributed by atoms with van der Waals surface area (Å²) < 4.78 is 0. The summed E-state index contributed by atoms with van der Waals surface area (Å²) in [5.41, 5.74) is 0.295. The van der Waals surface area contributed by atoms with Gasteiger partial charge in [-0.2, -0.15) is 0 Å². The van der Waals surface area contributed by atoms with Crippen LogP contribution in [0.5, 0.6) is 0 Å². The van der Waals surface area contributed by atoms with E-state index in [0.717, 1.165) is 25.9 Å². The minimum Gasteiger partial charge on any atom is -0.346 e. The third-order valence-corrected chi connectivity index (χ3v) is 4.95. The standard InChI is InChI=1S/C17H25N5O3/c1-10-5-7-22(8-6-10)17-20-13(9-15(24)21-17)11(2)18-16(25)12-3-4-14(23)19-12/h9-12H,3-8H2,1-2H3,(H,18,25)(H,19,23)(H,20,21,24). The number of hydrogen-bond acceptors (Lipinski definition) is 5. The third kappa shape index (κ3) is 4.18. The van der Waals surface area contributed by atoms with E-state index in [2.05, 4.69) is 32.4 Å². The van der Waals surface area contributed by atoms with E-state index in [4.69, 9.17) is 0 Å². The number of aromatic amines is 1. The number of rotatable bonds is 4. The zero-order chi connectivity index (χ0) is 18.0. The molecule has 0 aliphatic carbocycles. The van der Waals surface area contributed by atoms with Crippen LogP contribution in [0.3, 0.4) is 0 Å². The van der Waals surface area contributed by atoms with Crippen molar-refractivity contribution in [1.29, 1.82) is 0 Å². The van der Waals surface area contributed by atoms with Crippen LogP contribution in [0.1, 0.15) is 51.3 Å². The van der Waals surface area contributed by atoms with Crippen molar-refractivity contribution < 1.29 is 9.59 Å². The Morgan fingerprint density at radius 3 is 2.68 bits per heavy atom. The van der Waals surface area contributed by atoms with Gasteiger partial charge in [0.25, 0.3) is 5.56 Å². The normalized spacial score (nSPS) is 22.6. The molecule has 0 bridgehead atoms. The van der Waals surface area contributed by atoms with Crippen molar-refractivity contribution in [2.75, 3.05) is 18.0 Å². The summed E-state index contributed by atoms with van der Waals surface area (Å²) in [6.45, 7) is 5.74. The molecule has 2 amide bonds. The largest absolute Gasteiger partial charge is 0.346 e. The number of carbonyl (C=O) groups excluding carboxylic acids is 2. The molecule has 2 saturated heterocycles. The first-order chi connectivity index (χ1) is 11.9. The molecule has 0 spiro atoms. The highest BCUT2D eigenvalue weighted by molar-refractivity contribution is 5.90. The topological polar surface area (TPSA) is 107 Å². The van der Waals surface area contributed by atoms with Crippen molar-refractivity contribution in [3.05, 3.63) is 22.1 Å². The van der Waals surface area contributed by atoms with Crippen LogP contribution in [-0.2, 0) is 9.59 Å². The highest BCUT2D eigenvalue weighted by Crippen LogP contribution is 2.20. The van der Waals surface area contributed by atoms with Crippen molar-refractivity contribution in [3.63, 3.8) is 0 Å². The Bertz CT molecular complexity index is 708. The van der Waals surface area contributed by atoms with Crippen molar-refractivity contribution in [1.82, 2.24) is 20.6 Å². The van der Waals surface area contributed by atoms with E-state index in [1.165, 1.54) is 6.07 Å². The third-order valence-electron chi connectivity index (χ3n) is 4.95. The van der Waals surface area contributed by atoms with Crippen LogP contribution in [0.15, 0.2) is 10.9 Å². The van der Waals surface area contributed by atoms with Crippen LogP contribution in [0, 0.1) is 5.92 Å². The molecule has 0 radical (unpaired) electrons. The van der Waals surface area contributed by atoms with Crippen molar-refractivity contribution in [2.45, 2.75) is 51.6 Å². The summed E-state index contributed by atoms with van der Waals surface area (Å²) in [5, 5.41) is 5.48. The van der Waals surface area contributed by atoms with Crippen LogP contribution >= 0.6 is 0 Å². The lowest BCUT2D eigenvalue weighted by Crippen LogP contribution is -2.43. The molecule has 0 saturated carbocycles. The van der Waals surface area contributed by atoms with E-state index in [0.29, 0.717) is 30.4 Å². The monoisotopic (exact) mass is 347 g/mol.